The molecule has 6 nitrogen and oxygen atoms in total. The molecule has 1 aliphatic heterocycles. The Hall–Kier alpha value is -3.56. The summed E-state index contributed by atoms with van der Waals surface area (Å²) >= 11 is 0. The Labute approximate surface area is 218 Å². The summed E-state index contributed by atoms with van der Waals surface area (Å²) in [5.41, 5.74) is -1.99. The first-order valence-corrected chi connectivity index (χ1v) is 12.2. The van der Waals surface area contributed by atoms with Gasteiger partial charge in [0, 0.05) is 25.5 Å². The Balaban J connectivity index is 1.58. The normalized spacial score (nSPS) is 21.4. The standard InChI is InChI=1S/C29H29F3O6/c1-36-28(29(30,31)32,21-5-3-2-4-6-21)27(35)38-25-17-24(16-9-19-7-12-22(33)13-8-19)37-26(18-25)20-10-14-23(34)15-11-20/h2-8,10-15,24-26,33-34H,9,16-18H2,1H3/t24-,25-,26-,28-/m1/s1. The van der Waals surface area contributed by atoms with E-state index in [9.17, 15) is 28.2 Å². The highest BCUT2D eigenvalue weighted by atomic mass is 19.4. The molecule has 0 unspecified atom stereocenters. The Kier molecular flexibility index (Phi) is 8.28. The van der Waals surface area contributed by atoms with Crippen molar-refractivity contribution in [2.45, 2.75) is 55.8 Å². The first-order chi connectivity index (χ1) is 18.1. The van der Waals surface area contributed by atoms with Crippen molar-refractivity contribution in [3.63, 3.8) is 0 Å². The smallest absolute Gasteiger partial charge is 0.432 e. The van der Waals surface area contributed by atoms with E-state index in [1.165, 1.54) is 36.4 Å². The quantitative estimate of drug-likeness (QED) is 0.349. The minimum absolute atomic E-state index is 0.0642. The number of aromatic hydroxyl groups is 2. The van der Waals surface area contributed by atoms with Crippen LogP contribution >= 0.6 is 0 Å². The SMILES string of the molecule is CO[C@@](C(=O)O[C@@H]1C[C@@H](CCc2ccc(O)cc2)O[C@@H](c2ccc(O)cc2)C1)(c1ccccc1)C(F)(F)F. The van der Waals surface area contributed by atoms with Gasteiger partial charge in [-0.1, -0.05) is 54.6 Å². The molecule has 4 rings (SSSR count). The van der Waals surface area contributed by atoms with Crippen LogP contribution in [-0.4, -0.2) is 41.7 Å². The summed E-state index contributed by atoms with van der Waals surface area (Å²) < 4.78 is 59.8. The van der Waals surface area contributed by atoms with Crippen LogP contribution in [-0.2, 0) is 31.0 Å². The van der Waals surface area contributed by atoms with Gasteiger partial charge >= 0.3 is 12.1 Å². The van der Waals surface area contributed by atoms with Crippen molar-refractivity contribution in [2.75, 3.05) is 7.11 Å². The van der Waals surface area contributed by atoms with E-state index in [4.69, 9.17) is 14.2 Å². The molecule has 38 heavy (non-hydrogen) atoms. The van der Waals surface area contributed by atoms with E-state index in [-0.39, 0.29) is 29.9 Å². The molecule has 1 fully saturated rings. The van der Waals surface area contributed by atoms with Gasteiger partial charge in [-0.15, -0.1) is 0 Å². The lowest BCUT2D eigenvalue weighted by molar-refractivity contribution is -0.280. The molecule has 202 valence electrons. The first-order valence-electron chi connectivity index (χ1n) is 12.2. The van der Waals surface area contributed by atoms with Gasteiger partial charge < -0.3 is 24.4 Å². The summed E-state index contributed by atoms with van der Waals surface area (Å²) in [5, 5.41) is 19.2. The number of phenols is 2. The molecule has 1 aliphatic rings. The molecule has 0 aromatic heterocycles. The summed E-state index contributed by atoms with van der Waals surface area (Å²) in [6.45, 7) is 0. The topological polar surface area (TPSA) is 85.2 Å². The van der Waals surface area contributed by atoms with Crippen molar-refractivity contribution >= 4 is 5.97 Å². The van der Waals surface area contributed by atoms with Crippen molar-refractivity contribution in [1.29, 1.82) is 0 Å². The van der Waals surface area contributed by atoms with E-state index in [0.29, 0.717) is 18.4 Å². The molecule has 0 radical (unpaired) electrons. The predicted octanol–water partition coefficient (Wildman–Crippen LogP) is 5.97. The van der Waals surface area contributed by atoms with Crippen molar-refractivity contribution < 1.29 is 42.4 Å². The Morgan fingerprint density at radius 2 is 1.53 bits per heavy atom. The zero-order valence-corrected chi connectivity index (χ0v) is 20.7. The number of carbonyl (C=O) groups excluding carboxylic acids is 1. The fraction of sp³-hybridized carbons (Fsp3) is 0.345. The van der Waals surface area contributed by atoms with Gasteiger partial charge in [-0.2, -0.15) is 13.2 Å². The number of phenolic OH excluding ortho intramolecular Hbond substituents is 2. The Morgan fingerprint density at radius 3 is 2.11 bits per heavy atom. The lowest BCUT2D eigenvalue weighted by atomic mass is 9.91. The second-order valence-corrected chi connectivity index (χ2v) is 9.29. The molecular weight excluding hydrogens is 501 g/mol. The maximum Gasteiger partial charge on any atom is 0.432 e. The third-order valence-electron chi connectivity index (χ3n) is 6.76. The second kappa shape index (κ2) is 11.4. The van der Waals surface area contributed by atoms with Crippen LogP contribution < -0.4 is 0 Å². The number of rotatable bonds is 8. The molecular formula is C29H29F3O6. The molecule has 0 aliphatic carbocycles. The molecule has 0 saturated carbocycles. The van der Waals surface area contributed by atoms with Gasteiger partial charge in [0.25, 0.3) is 5.60 Å². The molecule has 1 saturated heterocycles. The van der Waals surface area contributed by atoms with E-state index < -0.39 is 36.1 Å². The average Bonchev–Trinajstić information content (AvgIpc) is 2.89. The van der Waals surface area contributed by atoms with Crippen LogP contribution in [0.3, 0.4) is 0 Å². The van der Waals surface area contributed by atoms with Gasteiger partial charge in [0.15, 0.2) is 0 Å². The number of methoxy groups -OCH3 is 1. The van der Waals surface area contributed by atoms with E-state index in [2.05, 4.69) is 0 Å². The molecule has 3 aromatic rings. The minimum Gasteiger partial charge on any atom is -0.508 e. The van der Waals surface area contributed by atoms with E-state index in [1.54, 1.807) is 42.5 Å². The number of aryl methyl sites for hydroxylation is 1. The third-order valence-corrected chi connectivity index (χ3v) is 6.76. The van der Waals surface area contributed by atoms with Gasteiger partial charge in [0.1, 0.15) is 17.6 Å². The molecule has 4 atom stereocenters. The maximum absolute atomic E-state index is 14.4. The number of carbonyl (C=O) groups is 1. The zero-order chi connectivity index (χ0) is 27.3. The number of halogens is 3. The van der Waals surface area contributed by atoms with Crippen LogP contribution in [0.5, 0.6) is 11.5 Å². The summed E-state index contributed by atoms with van der Waals surface area (Å²) in [7, 11) is 0.839. The summed E-state index contributed by atoms with van der Waals surface area (Å²) in [6, 6.07) is 19.7. The van der Waals surface area contributed by atoms with Crippen LogP contribution in [0.25, 0.3) is 0 Å². The number of alkyl halides is 3. The molecule has 1 heterocycles. The van der Waals surface area contributed by atoms with Crippen LogP contribution in [0.1, 0.15) is 42.1 Å². The van der Waals surface area contributed by atoms with Crippen molar-refractivity contribution in [2.24, 2.45) is 0 Å². The Bertz CT molecular complexity index is 1200. The largest absolute Gasteiger partial charge is 0.508 e. The van der Waals surface area contributed by atoms with Gasteiger partial charge in [0.2, 0.25) is 0 Å². The Morgan fingerprint density at radius 1 is 0.921 bits per heavy atom. The number of esters is 1. The minimum atomic E-state index is -5.07. The molecule has 0 amide bonds. The van der Waals surface area contributed by atoms with E-state index in [1.807, 2.05) is 0 Å². The highest BCUT2D eigenvalue weighted by Crippen LogP contribution is 2.44. The van der Waals surface area contributed by atoms with Gasteiger partial charge in [-0.05, 0) is 48.2 Å². The predicted molar refractivity (Wildman–Crippen MR) is 132 cm³/mol. The van der Waals surface area contributed by atoms with Crippen LogP contribution in [0, 0.1) is 0 Å². The second-order valence-electron chi connectivity index (χ2n) is 9.29. The molecule has 3 aromatic carbocycles. The summed E-state index contributed by atoms with van der Waals surface area (Å²) in [6.07, 6.45) is -5.49. The number of ether oxygens (including phenoxy) is 3. The molecule has 9 heteroatoms. The van der Waals surface area contributed by atoms with Crippen LogP contribution in [0.4, 0.5) is 13.2 Å². The van der Waals surface area contributed by atoms with Crippen molar-refractivity contribution in [3.05, 3.63) is 95.6 Å². The van der Waals surface area contributed by atoms with Crippen molar-refractivity contribution in [1.82, 2.24) is 0 Å². The number of benzene rings is 3. The monoisotopic (exact) mass is 530 g/mol. The molecule has 0 spiro atoms. The fourth-order valence-corrected chi connectivity index (χ4v) is 4.77. The van der Waals surface area contributed by atoms with E-state index >= 15 is 0 Å². The highest BCUT2D eigenvalue weighted by Gasteiger charge is 2.64. The summed E-state index contributed by atoms with van der Waals surface area (Å²) in [5.74, 6) is -1.33. The third kappa shape index (κ3) is 5.95. The van der Waals surface area contributed by atoms with Crippen molar-refractivity contribution in [3.8, 4) is 11.5 Å². The van der Waals surface area contributed by atoms with Gasteiger partial charge in [-0.25, -0.2) is 4.79 Å². The van der Waals surface area contributed by atoms with Crippen LogP contribution in [0.2, 0.25) is 0 Å². The first kappa shape index (κ1) is 27.5. The molecule has 2 N–H and O–H groups in total. The number of hydrogen-bond acceptors (Lipinski definition) is 6. The average molecular weight is 531 g/mol. The lowest BCUT2D eigenvalue weighted by Gasteiger charge is -2.38. The number of hydrogen-bond donors (Lipinski definition) is 2. The summed E-state index contributed by atoms with van der Waals surface area (Å²) in [4.78, 5) is 13.3. The van der Waals surface area contributed by atoms with Crippen LogP contribution in [0.15, 0.2) is 78.9 Å². The fourth-order valence-electron chi connectivity index (χ4n) is 4.77. The maximum atomic E-state index is 14.4. The zero-order valence-electron chi connectivity index (χ0n) is 20.7. The van der Waals surface area contributed by atoms with Gasteiger partial charge in [0.05, 0.1) is 12.2 Å². The van der Waals surface area contributed by atoms with Gasteiger partial charge in [-0.3, -0.25) is 0 Å². The lowest BCUT2D eigenvalue weighted by Crippen LogP contribution is -2.53. The highest BCUT2D eigenvalue weighted by molar-refractivity contribution is 5.82. The molecule has 0 bridgehead atoms. The van der Waals surface area contributed by atoms with E-state index in [0.717, 1.165) is 12.7 Å².